The lowest BCUT2D eigenvalue weighted by molar-refractivity contribution is 0.415. The lowest BCUT2D eigenvalue weighted by atomic mass is 10.1. The van der Waals surface area contributed by atoms with Gasteiger partial charge in [0.25, 0.3) is 11.4 Å². The number of nitrogens with zero attached hydrogens (tertiary/aromatic N) is 5. The summed E-state index contributed by atoms with van der Waals surface area (Å²) in [7, 11) is 0. The molecule has 0 atom stereocenters. The molecule has 3 heterocycles. The predicted octanol–water partition coefficient (Wildman–Crippen LogP) is 3.47. The number of rotatable bonds is 3. The third-order valence-electron chi connectivity index (χ3n) is 5.33. The lowest BCUT2D eigenvalue weighted by Gasteiger charge is -2.15. The van der Waals surface area contributed by atoms with Crippen molar-refractivity contribution < 1.29 is 8.91 Å². The fourth-order valence-corrected chi connectivity index (χ4v) is 3.50. The topological polar surface area (TPSA) is 78.2 Å². The van der Waals surface area contributed by atoms with Gasteiger partial charge in [0.05, 0.1) is 11.0 Å². The highest BCUT2D eigenvalue weighted by Gasteiger charge is 2.43. The van der Waals surface area contributed by atoms with Gasteiger partial charge >= 0.3 is 0 Å². The van der Waals surface area contributed by atoms with Crippen molar-refractivity contribution >= 4 is 16.6 Å². The fraction of sp³-hybridized carbons (Fsp3) is 0.368. The number of hydrogen-bond donors (Lipinski definition) is 0. The molecule has 0 spiro atoms. The third-order valence-corrected chi connectivity index (χ3v) is 5.33. The second-order valence-electron chi connectivity index (χ2n) is 7.70. The van der Waals surface area contributed by atoms with E-state index in [0.29, 0.717) is 28.1 Å². The Balaban J connectivity index is 1.83. The van der Waals surface area contributed by atoms with Gasteiger partial charge in [0.2, 0.25) is 0 Å². The quantitative estimate of drug-likeness (QED) is 0.554. The molecule has 0 amide bonds. The largest absolute Gasteiger partial charge is 0.332 e. The SMILES string of the molecule is CC(C)n1c(=O)c2c(-c3nc(C4(C)CC4)no3)ncn2c2ccc(F)cc21. The van der Waals surface area contributed by atoms with Gasteiger partial charge in [-0.05, 0) is 44.9 Å². The molecule has 1 fully saturated rings. The summed E-state index contributed by atoms with van der Waals surface area (Å²) in [6.07, 6.45) is 3.58. The van der Waals surface area contributed by atoms with Gasteiger partial charge in [-0.1, -0.05) is 12.1 Å². The predicted molar refractivity (Wildman–Crippen MR) is 97.2 cm³/mol. The highest BCUT2D eigenvalue weighted by Crippen LogP contribution is 2.46. The van der Waals surface area contributed by atoms with E-state index in [-0.39, 0.29) is 22.9 Å². The van der Waals surface area contributed by atoms with Crippen molar-refractivity contribution in [2.75, 3.05) is 0 Å². The monoisotopic (exact) mass is 367 g/mol. The summed E-state index contributed by atoms with van der Waals surface area (Å²) in [6, 6.07) is 4.23. The van der Waals surface area contributed by atoms with E-state index >= 15 is 0 Å². The zero-order valence-electron chi connectivity index (χ0n) is 15.2. The summed E-state index contributed by atoms with van der Waals surface area (Å²) >= 11 is 0. The Kier molecular flexibility index (Phi) is 3.14. The molecule has 27 heavy (non-hydrogen) atoms. The van der Waals surface area contributed by atoms with Crippen LogP contribution in [0.3, 0.4) is 0 Å². The second-order valence-corrected chi connectivity index (χ2v) is 7.70. The third kappa shape index (κ3) is 2.25. The van der Waals surface area contributed by atoms with Gasteiger partial charge in [-0.2, -0.15) is 4.98 Å². The summed E-state index contributed by atoms with van der Waals surface area (Å²) in [5, 5.41) is 4.08. The molecule has 0 saturated heterocycles. The van der Waals surface area contributed by atoms with Crippen molar-refractivity contribution in [2.45, 2.75) is 45.1 Å². The first-order chi connectivity index (χ1) is 12.9. The van der Waals surface area contributed by atoms with Gasteiger partial charge in [0.15, 0.2) is 11.5 Å². The zero-order valence-corrected chi connectivity index (χ0v) is 15.2. The van der Waals surface area contributed by atoms with Crippen LogP contribution in [-0.4, -0.2) is 24.1 Å². The number of halogens is 1. The molecule has 1 aromatic carbocycles. The van der Waals surface area contributed by atoms with E-state index in [1.807, 2.05) is 13.8 Å². The lowest BCUT2D eigenvalue weighted by Crippen LogP contribution is -2.24. The highest BCUT2D eigenvalue weighted by molar-refractivity contribution is 5.83. The Morgan fingerprint density at radius 1 is 1.26 bits per heavy atom. The molecule has 0 unspecified atom stereocenters. The van der Waals surface area contributed by atoms with E-state index in [0.717, 1.165) is 12.8 Å². The summed E-state index contributed by atoms with van der Waals surface area (Å²) in [5.74, 6) is 0.482. The molecule has 7 nitrogen and oxygen atoms in total. The van der Waals surface area contributed by atoms with Gasteiger partial charge in [0, 0.05) is 11.5 Å². The van der Waals surface area contributed by atoms with Crippen LogP contribution < -0.4 is 5.56 Å². The summed E-state index contributed by atoms with van der Waals surface area (Å²) < 4.78 is 22.5. The minimum absolute atomic E-state index is 0.0420. The van der Waals surface area contributed by atoms with E-state index in [4.69, 9.17) is 4.52 Å². The van der Waals surface area contributed by atoms with Crippen molar-refractivity contribution in [2.24, 2.45) is 0 Å². The van der Waals surface area contributed by atoms with Crippen LogP contribution in [0.1, 0.15) is 45.5 Å². The van der Waals surface area contributed by atoms with Gasteiger partial charge in [0.1, 0.15) is 17.7 Å². The van der Waals surface area contributed by atoms with E-state index in [2.05, 4.69) is 22.0 Å². The number of benzene rings is 1. The van der Waals surface area contributed by atoms with E-state index in [1.165, 1.54) is 12.1 Å². The highest BCUT2D eigenvalue weighted by atomic mass is 19.1. The summed E-state index contributed by atoms with van der Waals surface area (Å²) in [6.45, 7) is 5.86. The fourth-order valence-electron chi connectivity index (χ4n) is 3.50. The Bertz CT molecular complexity index is 1260. The molecule has 8 heteroatoms. The molecular weight excluding hydrogens is 349 g/mol. The van der Waals surface area contributed by atoms with E-state index in [9.17, 15) is 9.18 Å². The molecule has 0 aliphatic heterocycles. The number of fused-ring (bicyclic) bond motifs is 3. The molecular formula is C19H18FN5O2. The standard InChI is InChI=1S/C19H18FN5O2/c1-10(2)25-13-8-11(20)4-5-12(13)24-9-21-14(15(24)17(25)26)16-22-18(23-27-16)19(3)6-7-19/h4-5,8-10H,6-7H2,1-3H3. The Hall–Kier alpha value is -3.03. The van der Waals surface area contributed by atoms with Crippen LogP contribution in [-0.2, 0) is 5.41 Å². The number of imidazole rings is 1. The molecule has 5 rings (SSSR count). The molecule has 1 saturated carbocycles. The minimum atomic E-state index is -0.393. The Labute approximate surface area is 153 Å². The van der Waals surface area contributed by atoms with Gasteiger partial charge < -0.3 is 9.09 Å². The van der Waals surface area contributed by atoms with Crippen molar-refractivity contribution in [3.05, 3.63) is 46.5 Å². The van der Waals surface area contributed by atoms with Gasteiger partial charge in [-0.15, -0.1) is 0 Å². The first kappa shape index (κ1) is 16.2. The van der Waals surface area contributed by atoms with Crippen molar-refractivity contribution in [1.82, 2.24) is 24.1 Å². The maximum atomic E-state index is 13.8. The molecule has 0 radical (unpaired) electrons. The molecule has 1 aliphatic rings. The first-order valence-corrected chi connectivity index (χ1v) is 8.94. The Morgan fingerprint density at radius 3 is 2.74 bits per heavy atom. The smallest absolute Gasteiger partial charge is 0.279 e. The normalized spacial score (nSPS) is 15.9. The minimum Gasteiger partial charge on any atom is -0.332 e. The zero-order chi connectivity index (χ0) is 18.9. The number of hydrogen-bond acceptors (Lipinski definition) is 5. The van der Waals surface area contributed by atoms with Crippen LogP contribution in [0.2, 0.25) is 0 Å². The van der Waals surface area contributed by atoms with Gasteiger partial charge in [-0.3, -0.25) is 9.20 Å². The molecule has 138 valence electrons. The first-order valence-electron chi connectivity index (χ1n) is 8.94. The average Bonchev–Trinajstić information content (AvgIpc) is 3.05. The van der Waals surface area contributed by atoms with Crippen molar-refractivity contribution in [3.63, 3.8) is 0 Å². The molecule has 3 aromatic heterocycles. The van der Waals surface area contributed by atoms with Crippen LogP contribution >= 0.6 is 0 Å². The molecule has 4 aromatic rings. The van der Waals surface area contributed by atoms with Crippen molar-refractivity contribution in [3.8, 4) is 11.6 Å². The molecule has 0 bridgehead atoms. The van der Waals surface area contributed by atoms with Crippen LogP contribution in [0.4, 0.5) is 4.39 Å². The van der Waals surface area contributed by atoms with Crippen LogP contribution in [0.5, 0.6) is 0 Å². The average molecular weight is 367 g/mol. The van der Waals surface area contributed by atoms with Crippen LogP contribution in [0, 0.1) is 5.82 Å². The van der Waals surface area contributed by atoms with Crippen LogP contribution in [0.25, 0.3) is 28.1 Å². The molecule has 1 aliphatic carbocycles. The maximum absolute atomic E-state index is 13.8. The van der Waals surface area contributed by atoms with Crippen molar-refractivity contribution in [1.29, 1.82) is 0 Å². The summed E-state index contributed by atoms with van der Waals surface area (Å²) in [4.78, 5) is 22.1. The van der Waals surface area contributed by atoms with Gasteiger partial charge in [-0.25, -0.2) is 9.37 Å². The van der Waals surface area contributed by atoms with E-state index < -0.39 is 5.82 Å². The van der Waals surface area contributed by atoms with Crippen LogP contribution in [0.15, 0.2) is 33.8 Å². The van der Waals surface area contributed by atoms with E-state index in [1.54, 1.807) is 21.4 Å². The maximum Gasteiger partial charge on any atom is 0.279 e. The molecule has 0 N–H and O–H groups in total. The summed E-state index contributed by atoms with van der Waals surface area (Å²) in [5.41, 5.74) is 1.59. The Morgan fingerprint density at radius 2 is 2.04 bits per heavy atom. The number of aromatic nitrogens is 5. The second kappa shape index (κ2) is 5.25.